The molecule has 1 saturated heterocycles. The van der Waals surface area contributed by atoms with Gasteiger partial charge in [-0.05, 0) is 44.2 Å². The zero-order chi connectivity index (χ0) is 13.7. The summed E-state index contributed by atoms with van der Waals surface area (Å²) in [6, 6.07) is 6.16. The Balaban J connectivity index is 2.10. The number of rotatable bonds is 4. The van der Waals surface area contributed by atoms with Gasteiger partial charge in [-0.3, -0.25) is 0 Å². The molecule has 2 N–H and O–H groups in total. The van der Waals surface area contributed by atoms with Crippen molar-refractivity contribution in [2.24, 2.45) is 5.92 Å². The molecule has 0 aromatic heterocycles. The molecule has 2 rings (SSSR count). The molecule has 1 aliphatic rings. The average molecular weight is 262 g/mol. The smallest absolute Gasteiger partial charge is 0.144 e. The molecule has 1 aromatic carbocycles. The van der Waals surface area contributed by atoms with Crippen LogP contribution in [0.15, 0.2) is 18.2 Å². The van der Waals surface area contributed by atoms with Gasteiger partial charge in [0.25, 0.3) is 0 Å². The maximum absolute atomic E-state index is 5.94. The lowest BCUT2D eigenvalue weighted by atomic mass is 9.98. The van der Waals surface area contributed by atoms with Gasteiger partial charge >= 0.3 is 0 Å². The van der Waals surface area contributed by atoms with E-state index in [1.165, 1.54) is 31.4 Å². The minimum absolute atomic E-state index is 0.658. The van der Waals surface area contributed by atoms with Crippen LogP contribution in [0.1, 0.15) is 39.5 Å². The van der Waals surface area contributed by atoms with E-state index in [1.54, 1.807) is 0 Å². The number of nitrogens with zero attached hydrogens (tertiary/aromatic N) is 1. The predicted molar refractivity (Wildman–Crippen MR) is 81.9 cm³/mol. The predicted octanol–water partition coefficient (Wildman–Crippen LogP) is 3.68. The summed E-state index contributed by atoms with van der Waals surface area (Å²) in [5.41, 5.74) is 7.91. The van der Waals surface area contributed by atoms with Gasteiger partial charge in [0, 0.05) is 24.8 Å². The molecule has 1 heterocycles. The van der Waals surface area contributed by atoms with E-state index in [0.29, 0.717) is 6.61 Å². The summed E-state index contributed by atoms with van der Waals surface area (Å²) >= 11 is 0. The summed E-state index contributed by atoms with van der Waals surface area (Å²) in [4.78, 5) is 2.47. The molecule has 0 bridgehead atoms. The van der Waals surface area contributed by atoms with E-state index >= 15 is 0 Å². The first-order valence-corrected chi connectivity index (χ1v) is 7.51. The van der Waals surface area contributed by atoms with Crippen LogP contribution in [0.25, 0.3) is 0 Å². The Morgan fingerprint density at radius 3 is 2.84 bits per heavy atom. The minimum Gasteiger partial charge on any atom is -0.492 e. The maximum Gasteiger partial charge on any atom is 0.144 e. The molecule has 1 fully saturated rings. The van der Waals surface area contributed by atoms with Gasteiger partial charge in [0.05, 0.1) is 12.3 Å². The largest absolute Gasteiger partial charge is 0.492 e. The van der Waals surface area contributed by atoms with E-state index in [1.807, 2.05) is 13.0 Å². The van der Waals surface area contributed by atoms with Crippen LogP contribution in [0.5, 0.6) is 5.75 Å². The van der Waals surface area contributed by atoms with Crippen LogP contribution < -0.4 is 15.4 Å². The summed E-state index contributed by atoms with van der Waals surface area (Å²) in [6.07, 6.45) is 5.25. The number of nitrogen functional groups attached to an aromatic ring is 1. The summed E-state index contributed by atoms with van der Waals surface area (Å²) in [5, 5.41) is 0. The normalized spacial score (nSPS) is 20.1. The molecular formula is C16H26N2O. The average Bonchev–Trinajstić information content (AvgIpc) is 2.67. The fourth-order valence-corrected chi connectivity index (χ4v) is 2.83. The van der Waals surface area contributed by atoms with E-state index in [9.17, 15) is 0 Å². The molecule has 106 valence electrons. The molecule has 1 aliphatic heterocycles. The van der Waals surface area contributed by atoms with E-state index < -0.39 is 0 Å². The Bertz CT molecular complexity index is 406. The standard InChI is InChI=1S/C16H26N2O/c1-3-13-6-5-10-18(11-9-13)14-7-8-15(17)16(12-14)19-4-2/h7-8,12-13H,3-6,9-11,17H2,1-2H3. The zero-order valence-electron chi connectivity index (χ0n) is 12.2. The summed E-state index contributed by atoms with van der Waals surface area (Å²) in [7, 11) is 0. The lowest BCUT2D eigenvalue weighted by Gasteiger charge is -2.24. The zero-order valence-corrected chi connectivity index (χ0v) is 12.2. The van der Waals surface area contributed by atoms with Crippen LogP contribution in [-0.2, 0) is 0 Å². The number of benzene rings is 1. The van der Waals surface area contributed by atoms with Gasteiger partial charge in [-0.25, -0.2) is 0 Å². The molecule has 0 spiro atoms. The van der Waals surface area contributed by atoms with Crippen LogP contribution in [0.3, 0.4) is 0 Å². The van der Waals surface area contributed by atoms with Gasteiger partial charge in [0.1, 0.15) is 5.75 Å². The lowest BCUT2D eigenvalue weighted by molar-refractivity contribution is 0.342. The van der Waals surface area contributed by atoms with Gasteiger partial charge < -0.3 is 15.4 Å². The van der Waals surface area contributed by atoms with Crippen LogP contribution >= 0.6 is 0 Å². The highest BCUT2D eigenvalue weighted by Crippen LogP contribution is 2.30. The molecule has 1 aromatic rings. The Kier molecular flexibility index (Phi) is 4.94. The molecule has 0 radical (unpaired) electrons. The third kappa shape index (κ3) is 3.55. The van der Waals surface area contributed by atoms with Gasteiger partial charge in [0.2, 0.25) is 0 Å². The van der Waals surface area contributed by atoms with Crippen molar-refractivity contribution in [3.05, 3.63) is 18.2 Å². The fraction of sp³-hybridized carbons (Fsp3) is 0.625. The van der Waals surface area contributed by atoms with Gasteiger partial charge in [0.15, 0.2) is 0 Å². The van der Waals surface area contributed by atoms with Crippen LogP contribution in [0.2, 0.25) is 0 Å². The molecule has 3 nitrogen and oxygen atoms in total. The van der Waals surface area contributed by atoms with Crippen molar-refractivity contribution >= 4 is 11.4 Å². The highest BCUT2D eigenvalue weighted by molar-refractivity contribution is 5.62. The summed E-state index contributed by atoms with van der Waals surface area (Å²) in [6.45, 7) is 7.24. The third-order valence-corrected chi connectivity index (χ3v) is 4.09. The number of hydrogen-bond donors (Lipinski definition) is 1. The fourth-order valence-electron chi connectivity index (χ4n) is 2.83. The second kappa shape index (κ2) is 6.69. The highest BCUT2D eigenvalue weighted by Gasteiger charge is 2.16. The van der Waals surface area contributed by atoms with Crippen molar-refractivity contribution < 1.29 is 4.74 Å². The molecule has 19 heavy (non-hydrogen) atoms. The van der Waals surface area contributed by atoms with Crippen LogP contribution in [0, 0.1) is 5.92 Å². The molecule has 0 aliphatic carbocycles. The molecule has 0 amide bonds. The number of hydrogen-bond acceptors (Lipinski definition) is 3. The maximum atomic E-state index is 5.94. The monoisotopic (exact) mass is 262 g/mol. The topological polar surface area (TPSA) is 38.5 Å². The van der Waals surface area contributed by atoms with Crippen LogP contribution in [-0.4, -0.2) is 19.7 Å². The van der Waals surface area contributed by atoms with E-state index in [-0.39, 0.29) is 0 Å². The van der Waals surface area contributed by atoms with Crippen molar-refractivity contribution in [2.75, 3.05) is 30.3 Å². The first kappa shape index (κ1) is 14.0. The second-order valence-corrected chi connectivity index (χ2v) is 5.35. The number of nitrogens with two attached hydrogens (primary N) is 1. The minimum atomic E-state index is 0.658. The third-order valence-electron chi connectivity index (χ3n) is 4.09. The first-order valence-electron chi connectivity index (χ1n) is 7.51. The highest BCUT2D eigenvalue weighted by atomic mass is 16.5. The first-order chi connectivity index (χ1) is 9.24. The Labute approximate surface area is 116 Å². The molecule has 1 atom stereocenters. The van der Waals surface area contributed by atoms with Crippen molar-refractivity contribution in [1.82, 2.24) is 0 Å². The molecule has 3 heteroatoms. The molecule has 0 saturated carbocycles. The second-order valence-electron chi connectivity index (χ2n) is 5.35. The van der Waals surface area contributed by atoms with Crippen LogP contribution in [0.4, 0.5) is 11.4 Å². The van der Waals surface area contributed by atoms with Gasteiger partial charge in [-0.1, -0.05) is 13.3 Å². The lowest BCUT2D eigenvalue weighted by Crippen LogP contribution is -2.24. The van der Waals surface area contributed by atoms with E-state index in [0.717, 1.165) is 30.4 Å². The number of ether oxygens (including phenoxy) is 1. The Morgan fingerprint density at radius 1 is 1.26 bits per heavy atom. The van der Waals surface area contributed by atoms with E-state index in [2.05, 4.69) is 24.0 Å². The molecule has 1 unspecified atom stereocenters. The Hall–Kier alpha value is -1.38. The van der Waals surface area contributed by atoms with Gasteiger partial charge in [-0.2, -0.15) is 0 Å². The summed E-state index contributed by atoms with van der Waals surface area (Å²) < 4.78 is 5.59. The van der Waals surface area contributed by atoms with Crippen molar-refractivity contribution in [3.8, 4) is 5.75 Å². The molecular weight excluding hydrogens is 236 g/mol. The van der Waals surface area contributed by atoms with Crippen molar-refractivity contribution in [1.29, 1.82) is 0 Å². The van der Waals surface area contributed by atoms with Crippen molar-refractivity contribution in [2.45, 2.75) is 39.5 Å². The van der Waals surface area contributed by atoms with E-state index in [4.69, 9.17) is 10.5 Å². The quantitative estimate of drug-likeness (QED) is 0.841. The summed E-state index contributed by atoms with van der Waals surface area (Å²) in [5.74, 6) is 1.71. The van der Waals surface area contributed by atoms with Gasteiger partial charge in [-0.15, -0.1) is 0 Å². The Morgan fingerprint density at radius 2 is 2.11 bits per heavy atom. The van der Waals surface area contributed by atoms with Crippen molar-refractivity contribution in [3.63, 3.8) is 0 Å². The number of anilines is 2. The SMILES string of the molecule is CCOc1cc(N2CCCC(CC)CC2)ccc1N.